The fraction of sp³-hybridized carbons (Fsp3) is 0.444. The first-order valence-corrected chi connectivity index (χ1v) is 13.2. The zero-order valence-electron chi connectivity index (χ0n) is 21.6. The van der Waals surface area contributed by atoms with Crippen LogP contribution in [0, 0.1) is 0 Å². The van der Waals surface area contributed by atoms with Gasteiger partial charge in [0, 0.05) is 23.1 Å². The number of carbonyl (C=O) groups excluding carboxylic acids is 1. The number of hydrogen-bond acceptors (Lipinski definition) is 9. The largest absolute Gasteiger partial charge is 0.528 e. The molecule has 0 atom stereocenters. The van der Waals surface area contributed by atoms with E-state index < -0.39 is 11.8 Å². The molecule has 0 unspecified atom stereocenters. The summed E-state index contributed by atoms with van der Waals surface area (Å²) < 4.78 is 12.9. The third-order valence-electron chi connectivity index (χ3n) is 7.05. The Labute approximate surface area is 224 Å². The normalized spacial score (nSPS) is 20.0. The van der Waals surface area contributed by atoms with Gasteiger partial charge in [0.1, 0.15) is 11.4 Å². The van der Waals surface area contributed by atoms with Crippen LogP contribution in [0.1, 0.15) is 81.2 Å². The Morgan fingerprint density at radius 2 is 1.87 bits per heavy atom. The molecular weight excluding hydrogens is 508 g/mol. The van der Waals surface area contributed by atoms with E-state index in [0.29, 0.717) is 29.0 Å². The minimum Gasteiger partial charge on any atom is -0.427 e. The first kappa shape index (κ1) is 24.8. The number of nitrogens with zero attached hydrogens (tertiary/aromatic N) is 6. The molecule has 1 saturated carbocycles. The zero-order valence-corrected chi connectivity index (χ0v) is 22.3. The summed E-state index contributed by atoms with van der Waals surface area (Å²) in [7, 11) is 0. The SMILES string of the molecule is CC(C)(C)OC(=O)ON1Cc2cc(Cl)ccc2-n2c(nnc2C2CCC(c3noc4ncccc34)CC2)C1. The first-order chi connectivity index (χ1) is 18.2. The van der Waals surface area contributed by atoms with Crippen molar-refractivity contribution in [2.45, 2.75) is 77.0 Å². The molecule has 6 rings (SSSR count). The van der Waals surface area contributed by atoms with Crippen LogP contribution < -0.4 is 0 Å². The third-order valence-corrected chi connectivity index (χ3v) is 7.29. The number of hydroxylamine groups is 2. The van der Waals surface area contributed by atoms with Gasteiger partial charge in [0.25, 0.3) is 5.71 Å². The monoisotopic (exact) mass is 536 g/mol. The number of fused-ring (bicyclic) bond motifs is 4. The molecule has 3 aromatic heterocycles. The third kappa shape index (κ3) is 4.86. The minimum atomic E-state index is -0.761. The number of halogens is 1. The summed E-state index contributed by atoms with van der Waals surface area (Å²) in [6, 6.07) is 9.66. The van der Waals surface area contributed by atoms with E-state index in [1.165, 1.54) is 0 Å². The van der Waals surface area contributed by atoms with Crippen LogP contribution in [0.4, 0.5) is 4.79 Å². The van der Waals surface area contributed by atoms with Crippen molar-refractivity contribution in [2.24, 2.45) is 0 Å². The molecule has 4 aromatic rings. The molecule has 38 heavy (non-hydrogen) atoms. The number of benzene rings is 1. The van der Waals surface area contributed by atoms with Crippen LogP contribution in [0.25, 0.3) is 16.8 Å². The predicted octanol–water partition coefficient (Wildman–Crippen LogP) is 6.08. The highest BCUT2D eigenvalue weighted by Crippen LogP contribution is 2.42. The van der Waals surface area contributed by atoms with Crippen molar-refractivity contribution in [1.29, 1.82) is 0 Å². The van der Waals surface area contributed by atoms with E-state index in [0.717, 1.165) is 53.8 Å². The number of aromatic nitrogens is 5. The second-order valence-corrected chi connectivity index (χ2v) is 11.3. The van der Waals surface area contributed by atoms with Crippen LogP contribution in [0.5, 0.6) is 0 Å². The quantitative estimate of drug-likeness (QED) is 0.288. The Kier molecular flexibility index (Phi) is 6.31. The summed E-state index contributed by atoms with van der Waals surface area (Å²) in [5, 5.41) is 16.6. The van der Waals surface area contributed by atoms with Crippen molar-refractivity contribution >= 4 is 28.9 Å². The summed E-state index contributed by atoms with van der Waals surface area (Å²) >= 11 is 6.36. The van der Waals surface area contributed by atoms with Gasteiger partial charge < -0.3 is 14.1 Å². The molecule has 0 bridgehead atoms. The molecule has 198 valence electrons. The van der Waals surface area contributed by atoms with Gasteiger partial charge in [0.2, 0.25) is 0 Å². The smallest absolute Gasteiger partial charge is 0.427 e. The summed E-state index contributed by atoms with van der Waals surface area (Å²) in [5.74, 6) is 2.14. The molecule has 1 aliphatic heterocycles. The van der Waals surface area contributed by atoms with Gasteiger partial charge in [0.15, 0.2) is 5.82 Å². The van der Waals surface area contributed by atoms with Gasteiger partial charge in [-0.15, -0.1) is 15.3 Å². The van der Waals surface area contributed by atoms with Gasteiger partial charge in [-0.2, -0.15) is 0 Å². The molecule has 0 radical (unpaired) electrons. The highest BCUT2D eigenvalue weighted by Gasteiger charge is 2.33. The molecule has 0 spiro atoms. The highest BCUT2D eigenvalue weighted by atomic mass is 35.5. The molecule has 2 aliphatic rings. The maximum Gasteiger partial charge on any atom is 0.528 e. The van der Waals surface area contributed by atoms with Crippen LogP contribution in [0.15, 0.2) is 41.1 Å². The number of hydrogen-bond donors (Lipinski definition) is 0. The summed E-state index contributed by atoms with van der Waals surface area (Å²) in [6.45, 7) is 6.01. The van der Waals surface area contributed by atoms with E-state index in [4.69, 9.17) is 25.7 Å². The Bertz CT molecular complexity index is 1480. The number of carbonyl (C=O) groups is 1. The molecule has 1 aliphatic carbocycles. The fourth-order valence-corrected chi connectivity index (χ4v) is 5.61. The second kappa shape index (κ2) is 9.67. The molecule has 1 aromatic carbocycles. The molecule has 11 heteroatoms. The van der Waals surface area contributed by atoms with E-state index in [2.05, 4.69) is 24.9 Å². The van der Waals surface area contributed by atoms with Crippen molar-refractivity contribution in [3.63, 3.8) is 0 Å². The Morgan fingerprint density at radius 1 is 1.08 bits per heavy atom. The Hall–Kier alpha value is -3.50. The second-order valence-electron chi connectivity index (χ2n) is 10.9. The maximum absolute atomic E-state index is 12.4. The van der Waals surface area contributed by atoms with Gasteiger partial charge in [-0.05, 0) is 82.3 Å². The molecule has 10 nitrogen and oxygen atoms in total. The predicted molar refractivity (Wildman–Crippen MR) is 139 cm³/mol. The van der Waals surface area contributed by atoms with E-state index in [-0.39, 0.29) is 12.5 Å². The molecule has 4 heterocycles. The number of pyridine rings is 1. The van der Waals surface area contributed by atoms with Crippen molar-refractivity contribution in [1.82, 2.24) is 30.0 Å². The maximum atomic E-state index is 12.4. The van der Waals surface area contributed by atoms with Crippen LogP contribution in [-0.2, 0) is 22.7 Å². The lowest BCUT2D eigenvalue weighted by Gasteiger charge is -2.27. The van der Waals surface area contributed by atoms with Gasteiger partial charge >= 0.3 is 6.16 Å². The van der Waals surface area contributed by atoms with Crippen LogP contribution >= 0.6 is 11.6 Å². The summed E-state index contributed by atoms with van der Waals surface area (Å²) in [6.07, 6.45) is 4.77. The van der Waals surface area contributed by atoms with Crippen LogP contribution in [0.3, 0.4) is 0 Å². The van der Waals surface area contributed by atoms with E-state index >= 15 is 0 Å². The van der Waals surface area contributed by atoms with E-state index in [9.17, 15) is 4.79 Å². The molecular formula is C27H29ClN6O4. The van der Waals surface area contributed by atoms with Gasteiger partial charge in [-0.1, -0.05) is 16.8 Å². The van der Waals surface area contributed by atoms with Crippen molar-refractivity contribution in [3.05, 3.63) is 64.5 Å². The van der Waals surface area contributed by atoms with Gasteiger partial charge in [-0.25, -0.2) is 9.78 Å². The molecule has 1 fully saturated rings. The van der Waals surface area contributed by atoms with Crippen molar-refractivity contribution in [3.8, 4) is 5.69 Å². The zero-order chi connectivity index (χ0) is 26.4. The average molecular weight is 537 g/mol. The highest BCUT2D eigenvalue weighted by molar-refractivity contribution is 6.30. The lowest BCUT2D eigenvalue weighted by molar-refractivity contribution is -0.155. The Balaban J connectivity index is 1.26. The summed E-state index contributed by atoms with van der Waals surface area (Å²) in [4.78, 5) is 22.3. The molecule has 0 N–H and O–H groups in total. The van der Waals surface area contributed by atoms with Crippen LogP contribution in [0.2, 0.25) is 5.02 Å². The standard InChI is InChI=1S/C27H29ClN6O4/c1-27(2,3)36-26(35)38-33-14-18-13-19(28)10-11-21(18)34-22(15-33)30-31-24(34)17-8-6-16(7-9-17)23-20-5-4-12-29-25(20)37-32-23/h4-5,10-13,16-17H,6-9,14-15H2,1-3H3. The van der Waals surface area contributed by atoms with Gasteiger partial charge in [0.05, 0.1) is 29.9 Å². The Morgan fingerprint density at radius 3 is 2.66 bits per heavy atom. The topological polar surface area (TPSA) is 108 Å². The van der Waals surface area contributed by atoms with Crippen LogP contribution in [-0.4, -0.2) is 41.7 Å². The van der Waals surface area contributed by atoms with Crippen molar-refractivity contribution in [2.75, 3.05) is 0 Å². The van der Waals surface area contributed by atoms with E-state index in [1.807, 2.05) is 30.3 Å². The van der Waals surface area contributed by atoms with Gasteiger partial charge in [-0.3, -0.25) is 4.57 Å². The molecule has 0 amide bonds. The average Bonchev–Trinajstić information content (AvgIpc) is 3.44. The number of ether oxygens (including phenoxy) is 1. The lowest BCUT2D eigenvalue weighted by Crippen LogP contribution is -2.31. The first-order valence-electron chi connectivity index (χ1n) is 12.8. The van der Waals surface area contributed by atoms with Crippen molar-refractivity contribution < 1.29 is 18.9 Å². The number of rotatable bonds is 3. The molecule has 0 saturated heterocycles. The minimum absolute atomic E-state index is 0.227. The van der Waals surface area contributed by atoms with E-state index in [1.54, 1.807) is 32.0 Å². The summed E-state index contributed by atoms with van der Waals surface area (Å²) in [5.41, 5.74) is 2.76. The fourth-order valence-electron chi connectivity index (χ4n) is 5.42. The lowest BCUT2D eigenvalue weighted by atomic mass is 9.79.